The fourth-order valence-electron chi connectivity index (χ4n) is 3.22. The van der Waals surface area contributed by atoms with Crippen molar-refractivity contribution in [3.63, 3.8) is 0 Å². The summed E-state index contributed by atoms with van der Waals surface area (Å²) in [6.07, 6.45) is -0.133. The number of hydrogen-bond donors (Lipinski definition) is 1. The molecule has 0 bridgehead atoms. The number of amides is 2. The fraction of sp³-hybridized carbons (Fsp3) is 0.364. The lowest BCUT2D eigenvalue weighted by Gasteiger charge is -2.34. The molecule has 2 amide bonds. The normalized spacial score (nSPS) is 18.0. The number of ether oxygens (including phenoxy) is 1. The highest BCUT2D eigenvalue weighted by molar-refractivity contribution is 5.97. The van der Waals surface area contributed by atoms with Crippen LogP contribution in [0, 0.1) is 13.8 Å². The number of morpholine rings is 1. The van der Waals surface area contributed by atoms with Gasteiger partial charge in [0.25, 0.3) is 5.91 Å². The highest BCUT2D eigenvalue weighted by Gasteiger charge is 2.29. The van der Waals surface area contributed by atoms with E-state index in [4.69, 9.17) is 4.74 Å². The zero-order valence-electron chi connectivity index (χ0n) is 16.1. The Labute approximate surface area is 160 Å². The topological polar surface area (TPSA) is 58.6 Å². The molecule has 1 saturated heterocycles. The SMILES string of the molecule is Cc1ccc(C(=O)N[C@@H](C)C(=O)N2CCOC(c3ccccc3)C2)cc1C. The van der Waals surface area contributed by atoms with Gasteiger partial charge in [-0.2, -0.15) is 0 Å². The molecule has 142 valence electrons. The van der Waals surface area contributed by atoms with Crippen molar-refractivity contribution in [2.24, 2.45) is 0 Å². The van der Waals surface area contributed by atoms with Gasteiger partial charge in [0.15, 0.2) is 0 Å². The molecule has 2 atom stereocenters. The minimum atomic E-state index is -0.589. The van der Waals surface area contributed by atoms with Crippen LogP contribution >= 0.6 is 0 Å². The van der Waals surface area contributed by atoms with E-state index in [-0.39, 0.29) is 17.9 Å². The molecule has 5 nitrogen and oxygen atoms in total. The summed E-state index contributed by atoms with van der Waals surface area (Å²) in [5.74, 6) is -0.316. The predicted molar refractivity (Wildman–Crippen MR) is 105 cm³/mol. The largest absolute Gasteiger partial charge is 0.370 e. The third-order valence-electron chi connectivity index (χ3n) is 5.04. The minimum Gasteiger partial charge on any atom is -0.370 e. The van der Waals surface area contributed by atoms with E-state index < -0.39 is 6.04 Å². The van der Waals surface area contributed by atoms with Crippen LogP contribution in [0.3, 0.4) is 0 Å². The van der Waals surface area contributed by atoms with Gasteiger partial charge in [0.2, 0.25) is 5.91 Å². The van der Waals surface area contributed by atoms with Crippen molar-refractivity contribution in [3.05, 3.63) is 70.8 Å². The van der Waals surface area contributed by atoms with Crippen LogP contribution in [0.25, 0.3) is 0 Å². The Morgan fingerprint density at radius 1 is 1.11 bits per heavy atom. The van der Waals surface area contributed by atoms with Gasteiger partial charge in [-0.1, -0.05) is 36.4 Å². The molecule has 1 aliphatic heterocycles. The molecule has 0 aromatic heterocycles. The maximum Gasteiger partial charge on any atom is 0.251 e. The molecule has 3 rings (SSSR count). The second-order valence-corrected chi connectivity index (χ2v) is 7.05. The lowest BCUT2D eigenvalue weighted by molar-refractivity contribution is -0.140. The molecule has 1 aliphatic rings. The van der Waals surface area contributed by atoms with Crippen LogP contribution in [0.4, 0.5) is 0 Å². The maximum atomic E-state index is 12.8. The Bertz CT molecular complexity index is 820. The third kappa shape index (κ3) is 4.55. The minimum absolute atomic E-state index is 0.0867. The van der Waals surface area contributed by atoms with Gasteiger partial charge >= 0.3 is 0 Å². The van der Waals surface area contributed by atoms with E-state index in [2.05, 4.69) is 5.32 Å². The lowest BCUT2D eigenvalue weighted by atomic mass is 10.1. The van der Waals surface area contributed by atoms with Gasteiger partial charge in [-0.15, -0.1) is 0 Å². The monoisotopic (exact) mass is 366 g/mol. The van der Waals surface area contributed by atoms with Crippen LogP contribution in [-0.2, 0) is 9.53 Å². The molecular weight excluding hydrogens is 340 g/mol. The van der Waals surface area contributed by atoms with Crippen molar-refractivity contribution in [3.8, 4) is 0 Å². The first-order valence-electron chi connectivity index (χ1n) is 9.29. The Kier molecular flexibility index (Phi) is 5.91. The summed E-state index contributed by atoms with van der Waals surface area (Å²) in [7, 11) is 0. The van der Waals surface area contributed by atoms with E-state index in [9.17, 15) is 9.59 Å². The van der Waals surface area contributed by atoms with Crippen LogP contribution in [-0.4, -0.2) is 42.5 Å². The van der Waals surface area contributed by atoms with Crippen LogP contribution in [0.2, 0.25) is 0 Å². The molecule has 1 unspecified atom stereocenters. The van der Waals surface area contributed by atoms with E-state index in [1.54, 1.807) is 17.9 Å². The summed E-state index contributed by atoms with van der Waals surface area (Å²) >= 11 is 0. The molecule has 0 saturated carbocycles. The molecule has 0 radical (unpaired) electrons. The number of nitrogens with zero attached hydrogens (tertiary/aromatic N) is 1. The zero-order chi connectivity index (χ0) is 19.4. The summed E-state index contributed by atoms with van der Waals surface area (Å²) in [5.41, 5.74) is 3.82. The van der Waals surface area contributed by atoms with Crippen molar-refractivity contribution >= 4 is 11.8 Å². The molecule has 27 heavy (non-hydrogen) atoms. The Morgan fingerprint density at radius 3 is 2.56 bits per heavy atom. The highest BCUT2D eigenvalue weighted by Crippen LogP contribution is 2.22. The number of benzene rings is 2. The summed E-state index contributed by atoms with van der Waals surface area (Å²) < 4.78 is 5.82. The van der Waals surface area contributed by atoms with E-state index in [0.29, 0.717) is 25.3 Å². The molecule has 1 fully saturated rings. The first kappa shape index (κ1) is 19.1. The zero-order valence-corrected chi connectivity index (χ0v) is 16.1. The smallest absolute Gasteiger partial charge is 0.251 e. The van der Waals surface area contributed by atoms with Crippen LogP contribution in [0.15, 0.2) is 48.5 Å². The van der Waals surface area contributed by atoms with E-state index >= 15 is 0 Å². The molecule has 1 heterocycles. The number of nitrogens with one attached hydrogen (secondary N) is 1. The van der Waals surface area contributed by atoms with Crippen LogP contribution in [0.5, 0.6) is 0 Å². The molecule has 2 aromatic rings. The van der Waals surface area contributed by atoms with Crippen molar-refractivity contribution in [1.29, 1.82) is 0 Å². The van der Waals surface area contributed by atoms with Crippen LogP contribution < -0.4 is 5.32 Å². The van der Waals surface area contributed by atoms with Gasteiger partial charge in [0, 0.05) is 12.1 Å². The van der Waals surface area contributed by atoms with E-state index in [1.807, 2.05) is 56.3 Å². The lowest BCUT2D eigenvalue weighted by Crippen LogP contribution is -2.51. The molecule has 2 aromatic carbocycles. The van der Waals surface area contributed by atoms with Gasteiger partial charge in [-0.25, -0.2) is 0 Å². The first-order valence-corrected chi connectivity index (χ1v) is 9.29. The molecular formula is C22H26N2O3. The van der Waals surface area contributed by atoms with Crippen molar-refractivity contribution in [2.75, 3.05) is 19.7 Å². The molecule has 0 spiro atoms. The standard InChI is InChI=1S/C22H26N2O3/c1-15-9-10-19(13-16(15)2)21(25)23-17(3)22(26)24-11-12-27-20(14-24)18-7-5-4-6-8-18/h4-10,13,17,20H,11-12,14H2,1-3H3,(H,23,25)/t17-,20?/m0/s1. The van der Waals surface area contributed by atoms with E-state index in [0.717, 1.165) is 16.7 Å². The maximum absolute atomic E-state index is 12.8. The number of rotatable bonds is 4. The Hall–Kier alpha value is -2.66. The summed E-state index contributed by atoms with van der Waals surface area (Å²) in [6, 6.07) is 14.9. The number of carbonyl (C=O) groups is 2. The first-order chi connectivity index (χ1) is 13.0. The Balaban J connectivity index is 1.62. The number of aryl methyl sites for hydroxylation is 2. The summed E-state index contributed by atoms with van der Waals surface area (Å²) in [4.78, 5) is 27.1. The van der Waals surface area contributed by atoms with Gasteiger partial charge in [-0.05, 0) is 49.6 Å². The van der Waals surface area contributed by atoms with Crippen molar-refractivity contribution in [1.82, 2.24) is 10.2 Å². The quantitative estimate of drug-likeness (QED) is 0.905. The van der Waals surface area contributed by atoms with Crippen LogP contribution in [0.1, 0.15) is 40.1 Å². The summed E-state index contributed by atoms with van der Waals surface area (Å²) in [6.45, 7) is 7.22. The average molecular weight is 366 g/mol. The van der Waals surface area contributed by atoms with E-state index in [1.165, 1.54) is 0 Å². The van der Waals surface area contributed by atoms with Crippen molar-refractivity contribution in [2.45, 2.75) is 32.9 Å². The Morgan fingerprint density at radius 2 is 1.85 bits per heavy atom. The number of hydrogen-bond acceptors (Lipinski definition) is 3. The fourth-order valence-corrected chi connectivity index (χ4v) is 3.22. The van der Waals surface area contributed by atoms with Crippen molar-refractivity contribution < 1.29 is 14.3 Å². The van der Waals surface area contributed by atoms with Gasteiger partial charge in [0.05, 0.1) is 13.2 Å². The average Bonchev–Trinajstić information content (AvgIpc) is 2.70. The van der Waals surface area contributed by atoms with Gasteiger partial charge < -0.3 is 15.0 Å². The van der Waals surface area contributed by atoms with Gasteiger partial charge in [0.1, 0.15) is 12.1 Å². The molecule has 1 N–H and O–H groups in total. The molecule has 0 aliphatic carbocycles. The molecule has 5 heteroatoms. The summed E-state index contributed by atoms with van der Waals surface area (Å²) in [5, 5.41) is 2.82. The third-order valence-corrected chi connectivity index (χ3v) is 5.04. The van der Waals surface area contributed by atoms with Gasteiger partial charge in [-0.3, -0.25) is 9.59 Å². The highest BCUT2D eigenvalue weighted by atomic mass is 16.5. The second kappa shape index (κ2) is 8.35. The number of carbonyl (C=O) groups excluding carboxylic acids is 2. The second-order valence-electron chi connectivity index (χ2n) is 7.05. The predicted octanol–water partition coefficient (Wildman–Crippen LogP) is 3.02.